The summed E-state index contributed by atoms with van der Waals surface area (Å²) in [5.74, 6) is -0.870. The van der Waals surface area contributed by atoms with E-state index in [2.05, 4.69) is 5.32 Å². The van der Waals surface area contributed by atoms with E-state index in [-0.39, 0.29) is 11.5 Å². The number of halogens is 1. The maximum Gasteiger partial charge on any atom is 0.333 e. The highest BCUT2D eigenvalue weighted by molar-refractivity contribution is 6.33. The minimum Gasteiger partial charge on any atom is -0.508 e. The Labute approximate surface area is 160 Å². The summed E-state index contributed by atoms with van der Waals surface area (Å²) < 4.78 is 10.3. The van der Waals surface area contributed by atoms with Crippen LogP contribution in [0.1, 0.15) is 22.2 Å². The lowest BCUT2D eigenvalue weighted by atomic mass is 10.1. The first-order chi connectivity index (χ1) is 13.0. The SMILES string of the molecule is COC(=O)C(NC(=O)c1ccc(-c2ccccc2Cl)o1)c1cccc(O)c1. The van der Waals surface area contributed by atoms with Crippen molar-refractivity contribution in [3.63, 3.8) is 0 Å². The molecule has 1 aromatic heterocycles. The first-order valence-electron chi connectivity index (χ1n) is 8.02. The first-order valence-corrected chi connectivity index (χ1v) is 8.39. The molecule has 3 rings (SSSR count). The molecule has 6 nitrogen and oxygen atoms in total. The third-order valence-electron chi connectivity index (χ3n) is 3.88. The molecular formula is C20H16ClNO5. The molecule has 0 aliphatic heterocycles. The number of carbonyl (C=O) groups is 2. The number of phenols is 1. The Balaban J connectivity index is 1.84. The second-order valence-corrected chi connectivity index (χ2v) is 6.08. The van der Waals surface area contributed by atoms with Gasteiger partial charge in [0, 0.05) is 5.56 Å². The minimum atomic E-state index is -1.09. The summed E-state index contributed by atoms with van der Waals surface area (Å²) in [6.07, 6.45) is 0. The number of phenolic OH excluding ortho intramolecular Hbond substituents is 1. The number of ether oxygens (including phenoxy) is 1. The Morgan fingerprint density at radius 3 is 2.59 bits per heavy atom. The zero-order valence-corrected chi connectivity index (χ0v) is 15.1. The van der Waals surface area contributed by atoms with E-state index in [0.29, 0.717) is 21.9 Å². The average Bonchev–Trinajstić information content (AvgIpc) is 3.15. The van der Waals surface area contributed by atoms with E-state index in [0.717, 1.165) is 0 Å². The maximum absolute atomic E-state index is 12.6. The van der Waals surface area contributed by atoms with Crippen molar-refractivity contribution >= 4 is 23.5 Å². The number of carbonyl (C=O) groups excluding carboxylic acids is 2. The van der Waals surface area contributed by atoms with Crippen LogP contribution in [-0.2, 0) is 9.53 Å². The predicted octanol–water partition coefficient (Wildman–Crippen LogP) is 3.95. The molecule has 3 aromatic rings. The molecule has 2 aromatic carbocycles. The highest BCUT2D eigenvalue weighted by Crippen LogP contribution is 2.29. The van der Waals surface area contributed by atoms with Gasteiger partial charge in [-0.05, 0) is 42.0 Å². The van der Waals surface area contributed by atoms with E-state index >= 15 is 0 Å². The van der Waals surface area contributed by atoms with Gasteiger partial charge in [-0.2, -0.15) is 0 Å². The van der Waals surface area contributed by atoms with Crippen LogP contribution in [0, 0.1) is 0 Å². The van der Waals surface area contributed by atoms with Crippen LogP contribution in [0.2, 0.25) is 5.02 Å². The summed E-state index contributed by atoms with van der Waals surface area (Å²) in [7, 11) is 1.21. The second kappa shape index (κ2) is 7.97. The van der Waals surface area contributed by atoms with Gasteiger partial charge >= 0.3 is 5.97 Å². The van der Waals surface area contributed by atoms with Crippen LogP contribution >= 0.6 is 11.6 Å². The van der Waals surface area contributed by atoms with Crippen molar-refractivity contribution in [2.24, 2.45) is 0 Å². The summed E-state index contributed by atoms with van der Waals surface area (Å²) >= 11 is 6.14. The van der Waals surface area contributed by atoms with Gasteiger partial charge in [0.25, 0.3) is 5.91 Å². The molecule has 0 saturated carbocycles. The van der Waals surface area contributed by atoms with Crippen molar-refractivity contribution in [3.05, 3.63) is 77.0 Å². The number of furan rings is 1. The largest absolute Gasteiger partial charge is 0.508 e. The van der Waals surface area contributed by atoms with E-state index in [1.807, 2.05) is 0 Å². The molecule has 2 N–H and O–H groups in total. The van der Waals surface area contributed by atoms with Crippen molar-refractivity contribution in [2.45, 2.75) is 6.04 Å². The third-order valence-corrected chi connectivity index (χ3v) is 4.21. The summed E-state index contributed by atoms with van der Waals surface area (Å²) in [5, 5.41) is 12.7. The molecule has 0 radical (unpaired) electrons. The van der Waals surface area contributed by atoms with Gasteiger partial charge in [0.2, 0.25) is 0 Å². The number of hydrogen-bond acceptors (Lipinski definition) is 5. The molecule has 1 atom stereocenters. The summed E-state index contributed by atoms with van der Waals surface area (Å²) in [4.78, 5) is 24.7. The van der Waals surface area contributed by atoms with Crippen molar-refractivity contribution < 1.29 is 23.8 Å². The topological polar surface area (TPSA) is 88.8 Å². The molecule has 0 bridgehead atoms. The van der Waals surface area contributed by atoms with Crippen LogP contribution in [0.4, 0.5) is 0 Å². The molecule has 0 fully saturated rings. The number of rotatable bonds is 5. The molecule has 1 heterocycles. The van der Waals surface area contributed by atoms with Crippen LogP contribution in [0.3, 0.4) is 0 Å². The van der Waals surface area contributed by atoms with E-state index in [9.17, 15) is 14.7 Å². The Morgan fingerprint density at radius 1 is 1.11 bits per heavy atom. The molecule has 27 heavy (non-hydrogen) atoms. The van der Waals surface area contributed by atoms with Crippen LogP contribution in [-0.4, -0.2) is 24.1 Å². The van der Waals surface area contributed by atoms with Crippen molar-refractivity contribution in [1.29, 1.82) is 0 Å². The average molecular weight is 386 g/mol. The maximum atomic E-state index is 12.6. The number of amides is 1. The van der Waals surface area contributed by atoms with Crippen LogP contribution in [0.5, 0.6) is 5.75 Å². The molecule has 0 aliphatic rings. The fraction of sp³-hybridized carbons (Fsp3) is 0.100. The van der Waals surface area contributed by atoms with E-state index in [4.69, 9.17) is 20.8 Å². The van der Waals surface area contributed by atoms with Gasteiger partial charge in [-0.3, -0.25) is 4.79 Å². The third kappa shape index (κ3) is 4.12. The summed E-state index contributed by atoms with van der Waals surface area (Å²) in [6, 6.07) is 15.1. The van der Waals surface area contributed by atoms with Gasteiger partial charge in [0.15, 0.2) is 11.8 Å². The van der Waals surface area contributed by atoms with Crippen LogP contribution in [0.25, 0.3) is 11.3 Å². The zero-order chi connectivity index (χ0) is 19.4. The Kier molecular flexibility index (Phi) is 5.47. The summed E-state index contributed by atoms with van der Waals surface area (Å²) in [5.41, 5.74) is 1.03. The Bertz CT molecular complexity index is 982. The van der Waals surface area contributed by atoms with Crippen molar-refractivity contribution in [2.75, 3.05) is 7.11 Å². The molecule has 7 heteroatoms. The van der Waals surface area contributed by atoms with E-state index in [1.54, 1.807) is 42.5 Å². The fourth-order valence-corrected chi connectivity index (χ4v) is 2.80. The number of benzene rings is 2. The fourth-order valence-electron chi connectivity index (χ4n) is 2.57. The van der Waals surface area contributed by atoms with Crippen LogP contribution in [0.15, 0.2) is 65.1 Å². The smallest absolute Gasteiger partial charge is 0.333 e. The number of nitrogens with one attached hydrogen (secondary N) is 1. The van der Waals surface area contributed by atoms with Gasteiger partial charge < -0.3 is 19.6 Å². The number of aromatic hydroxyl groups is 1. The molecule has 1 unspecified atom stereocenters. The molecule has 0 saturated heterocycles. The van der Waals surface area contributed by atoms with Gasteiger partial charge in [-0.1, -0.05) is 35.9 Å². The summed E-state index contributed by atoms with van der Waals surface area (Å²) in [6.45, 7) is 0. The van der Waals surface area contributed by atoms with Gasteiger partial charge in [0.1, 0.15) is 11.5 Å². The molecule has 0 aliphatic carbocycles. The molecule has 1 amide bonds. The van der Waals surface area contributed by atoms with Gasteiger partial charge in [-0.15, -0.1) is 0 Å². The van der Waals surface area contributed by atoms with E-state index < -0.39 is 17.9 Å². The monoisotopic (exact) mass is 385 g/mol. The first kappa shape index (κ1) is 18.5. The zero-order valence-electron chi connectivity index (χ0n) is 14.3. The second-order valence-electron chi connectivity index (χ2n) is 5.67. The van der Waals surface area contributed by atoms with Gasteiger partial charge in [-0.25, -0.2) is 4.79 Å². The number of esters is 1. The lowest BCUT2D eigenvalue weighted by Gasteiger charge is -2.16. The number of hydrogen-bond donors (Lipinski definition) is 2. The highest BCUT2D eigenvalue weighted by Gasteiger charge is 2.26. The quantitative estimate of drug-likeness (QED) is 0.649. The molecule has 138 valence electrons. The Hall–Kier alpha value is -3.25. The number of methoxy groups -OCH3 is 1. The van der Waals surface area contributed by atoms with Crippen molar-refractivity contribution in [3.8, 4) is 17.1 Å². The highest BCUT2D eigenvalue weighted by atomic mass is 35.5. The van der Waals surface area contributed by atoms with E-state index in [1.165, 1.54) is 25.3 Å². The molecule has 0 spiro atoms. The van der Waals surface area contributed by atoms with Gasteiger partial charge in [0.05, 0.1) is 12.1 Å². The minimum absolute atomic E-state index is 0.0129. The van der Waals surface area contributed by atoms with Crippen LogP contribution < -0.4 is 5.32 Å². The Morgan fingerprint density at radius 2 is 1.89 bits per heavy atom. The lowest BCUT2D eigenvalue weighted by molar-refractivity contribution is -0.143. The molecular weight excluding hydrogens is 370 g/mol. The lowest BCUT2D eigenvalue weighted by Crippen LogP contribution is -2.34. The predicted molar refractivity (Wildman–Crippen MR) is 99.5 cm³/mol. The standard InChI is InChI=1S/C20H16ClNO5/c1-26-20(25)18(12-5-4-6-13(23)11-12)22-19(24)17-10-9-16(27-17)14-7-2-3-8-15(14)21/h2-11,18,23H,1H3,(H,22,24). The normalized spacial score (nSPS) is 11.6. The van der Waals surface area contributed by atoms with Crippen molar-refractivity contribution in [1.82, 2.24) is 5.32 Å².